The number of hydrogen-bond donors (Lipinski definition) is 1. The summed E-state index contributed by atoms with van der Waals surface area (Å²) in [7, 11) is 0. The number of nitrogens with one attached hydrogen (secondary N) is 1. The first-order valence-corrected chi connectivity index (χ1v) is 17.3. The zero-order valence-electron chi connectivity index (χ0n) is 15.8. The fraction of sp³-hybridized carbons (Fsp3) is 0.571. The van der Waals surface area contributed by atoms with E-state index in [0.717, 1.165) is 5.69 Å². The molecule has 2 aromatic rings. The second-order valence-electron chi connectivity index (χ2n) is 7.13. The van der Waals surface area contributed by atoms with E-state index in [4.69, 9.17) is 0 Å². The average Bonchev–Trinajstić information content (AvgIpc) is 3.16. The quantitative estimate of drug-likeness (QED) is 0.425. The Labute approximate surface area is 152 Å². The van der Waals surface area contributed by atoms with Crippen molar-refractivity contribution in [1.82, 2.24) is 10.2 Å². The first kappa shape index (κ1) is 19.6. The van der Waals surface area contributed by atoms with Gasteiger partial charge in [0, 0.05) is 0 Å². The summed E-state index contributed by atoms with van der Waals surface area (Å²) in [5.41, 5.74) is 2.29. The van der Waals surface area contributed by atoms with Crippen LogP contribution in [0.5, 0.6) is 0 Å². The molecule has 0 atom stereocenters. The summed E-state index contributed by atoms with van der Waals surface area (Å²) < 4.78 is 6.35. The normalized spacial score (nSPS) is 11.8. The molecule has 0 amide bonds. The van der Waals surface area contributed by atoms with Crippen molar-refractivity contribution in [3.8, 4) is 11.3 Å². The summed E-state index contributed by atoms with van der Waals surface area (Å²) in [5.74, 6) is 0. The number of nitrogens with zero attached hydrogens (tertiary/aromatic N) is 1. The molecule has 1 aromatic carbocycles. The molecule has 1 N–H and O–H groups in total. The Hall–Kier alpha value is -0.771. The Balaban J connectivity index is 2.28. The molecule has 1 aromatic heterocycles. The summed E-state index contributed by atoms with van der Waals surface area (Å²) in [4.78, 5) is 0. The third-order valence-corrected chi connectivity index (χ3v) is 21.0. The van der Waals surface area contributed by atoms with Crippen molar-refractivity contribution in [2.75, 3.05) is 0 Å². The van der Waals surface area contributed by atoms with Gasteiger partial charge in [-0.15, -0.1) is 0 Å². The van der Waals surface area contributed by atoms with Gasteiger partial charge in [-0.25, -0.2) is 0 Å². The van der Waals surface area contributed by atoms with Crippen LogP contribution in [0, 0.1) is 0 Å². The molecule has 1 heterocycles. The number of benzene rings is 1. The van der Waals surface area contributed by atoms with E-state index < -0.39 is 18.4 Å². The van der Waals surface area contributed by atoms with Crippen molar-refractivity contribution < 1.29 is 0 Å². The predicted molar refractivity (Wildman–Crippen MR) is 109 cm³/mol. The first-order chi connectivity index (χ1) is 11.8. The second kappa shape index (κ2) is 10.3. The molecule has 0 spiro atoms. The number of rotatable bonds is 11. The first-order valence-electron chi connectivity index (χ1n) is 9.86. The Morgan fingerprint density at radius 1 is 0.792 bits per heavy atom. The summed E-state index contributed by atoms with van der Waals surface area (Å²) >= 11 is -2.26. The maximum atomic E-state index is 4.32. The number of aromatic nitrogens is 2. The number of hydrogen-bond acceptors (Lipinski definition) is 1. The zero-order chi connectivity index (χ0) is 17.3. The molecule has 2 rings (SSSR count). The van der Waals surface area contributed by atoms with Gasteiger partial charge in [-0.05, 0) is 0 Å². The zero-order valence-corrected chi connectivity index (χ0v) is 18.6. The Bertz CT molecular complexity index is 538. The van der Waals surface area contributed by atoms with Crippen LogP contribution in [0.1, 0.15) is 59.3 Å². The maximum absolute atomic E-state index is 4.32. The topological polar surface area (TPSA) is 28.7 Å². The van der Waals surface area contributed by atoms with Crippen LogP contribution in [0.25, 0.3) is 11.3 Å². The van der Waals surface area contributed by atoms with E-state index >= 15 is 0 Å². The predicted octanol–water partition coefficient (Wildman–Crippen LogP) is 6.13. The summed E-state index contributed by atoms with van der Waals surface area (Å²) in [6, 6.07) is 11.6. The summed E-state index contributed by atoms with van der Waals surface area (Å²) in [6.45, 7) is 7.03. The minimum atomic E-state index is -2.26. The van der Waals surface area contributed by atoms with Crippen LogP contribution < -0.4 is 3.58 Å². The van der Waals surface area contributed by atoms with Gasteiger partial charge >= 0.3 is 153 Å². The van der Waals surface area contributed by atoms with Crippen molar-refractivity contribution in [3.05, 3.63) is 36.5 Å². The van der Waals surface area contributed by atoms with E-state index in [1.807, 2.05) is 6.20 Å². The van der Waals surface area contributed by atoms with Gasteiger partial charge in [-0.1, -0.05) is 0 Å². The molecule has 0 fully saturated rings. The summed E-state index contributed by atoms with van der Waals surface area (Å²) in [5, 5.41) is 7.24. The van der Waals surface area contributed by atoms with Gasteiger partial charge < -0.3 is 0 Å². The van der Waals surface area contributed by atoms with E-state index in [1.165, 1.54) is 57.4 Å². The van der Waals surface area contributed by atoms with Crippen LogP contribution in [0.15, 0.2) is 36.5 Å². The van der Waals surface area contributed by atoms with Crippen molar-refractivity contribution >= 4 is 22.0 Å². The van der Waals surface area contributed by atoms with Crippen molar-refractivity contribution in [2.45, 2.75) is 72.6 Å². The molecule has 2 nitrogen and oxygen atoms in total. The van der Waals surface area contributed by atoms with Crippen LogP contribution in [0.4, 0.5) is 0 Å². The van der Waals surface area contributed by atoms with Gasteiger partial charge in [0.05, 0.1) is 0 Å². The standard InChI is InChI=1S/C9H7N2.3C4H9.Sn/c1-2-4-8(5-3-1)9-6-7-10-11-9;3*1-3-4-2;/h2-7H,(H,10,11);3*1,3-4H2,2H3;. The monoisotopic (exact) mass is 434 g/mol. The molecule has 0 aliphatic heterocycles. The third-order valence-electron chi connectivity index (χ3n) is 5.32. The van der Waals surface area contributed by atoms with Gasteiger partial charge in [0.15, 0.2) is 0 Å². The molecule has 0 saturated heterocycles. The van der Waals surface area contributed by atoms with Gasteiger partial charge in [0.1, 0.15) is 0 Å². The van der Waals surface area contributed by atoms with E-state index in [0.29, 0.717) is 0 Å². The summed E-state index contributed by atoms with van der Waals surface area (Å²) in [6.07, 6.45) is 10.2. The molecule has 0 aliphatic carbocycles. The molecule has 24 heavy (non-hydrogen) atoms. The molecule has 0 aliphatic rings. The Morgan fingerprint density at radius 3 is 1.75 bits per heavy atom. The molecule has 0 saturated carbocycles. The second-order valence-corrected chi connectivity index (χ2v) is 20.4. The van der Waals surface area contributed by atoms with Crippen LogP contribution in [0.3, 0.4) is 0 Å². The van der Waals surface area contributed by atoms with Gasteiger partial charge in [0.2, 0.25) is 0 Å². The Morgan fingerprint density at radius 2 is 1.33 bits per heavy atom. The molecule has 0 bridgehead atoms. The molecule has 0 radical (unpaired) electrons. The van der Waals surface area contributed by atoms with Crippen LogP contribution >= 0.6 is 0 Å². The fourth-order valence-corrected chi connectivity index (χ4v) is 19.7. The van der Waals surface area contributed by atoms with E-state index in [1.54, 1.807) is 3.58 Å². The molecular weight excluding hydrogens is 399 g/mol. The fourth-order valence-electron chi connectivity index (χ4n) is 3.77. The molecular formula is C21H34N2Sn. The van der Waals surface area contributed by atoms with E-state index in [-0.39, 0.29) is 0 Å². The van der Waals surface area contributed by atoms with Crippen molar-refractivity contribution in [3.63, 3.8) is 0 Å². The van der Waals surface area contributed by atoms with Crippen LogP contribution in [-0.2, 0) is 0 Å². The minimum absolute atomic E-state index is 1.05. The van der Waals surface area contributed by atoms with Gasteiger partial charge in [-0.3, -0.25) is 0 Å². The average molecular weight is 433 g/mol. The molecule has 0 unspecified atom stereocenters. The SMILES string of the molecule is CCC[CH2][Sn]([CH2]CCC)([CH2]CCC)[c]1ccc(-c2cc[nH]n2)cc1. The van der Waals surface area contributed by atoms with E-state index in [9.17, 15) is 0 Å². The Kier molecular flexibility index (Phi) is 8.37. The molecule has 3 heteroatoms. The van der Waals surface area contributed by atoms with Crippen LogP contribution in [0.2, 0.25) is 13.3 Å². The third kappa shape index (κ3) is 5.11. The van der Waals surface area contributed by atoms with Crippen molar-refractivity contribution in [1.29, 1.82) is 0 Å². The van der Waals surface area contributed by atoms with E-state index in [2.05, 4.69) is 61.3 Å². The van der Waals surface area contributed by atoms with Crippen LogP contribution in [-0.4, -0.2) is 28.6 Å². The van der Waals surface area contributed by atoms with Gasteiger partial charge in [-0.2, -0.15) is 0 Å². The van der Waals surface area contributed by atoms with Gasteiger partial charge in [0.25, 0.3) is 0 Å². The molecule has 132 valence electrons. The number of H-pyrrole nitrogens is 1. The van der Waals surface area contributed by atoms with Crippen molar-refractivity contribution in [2.24, 2.45) is 0 Å². The number of aromatic amines is 1. The number of unbranched alkanes of at least 4 members (excludes halogenated alkanes) is 3.